The molecule has 1 aliphatic rings. The topological polar surface area (TPSA) is 48.9 Å². The molecule has 1 fully saturated rings. The van der Waals surface area contributed by atoms with Gasteiger partial charge in [-0.2, -0.15) is 13.2 Å². The molecule has 0 saturated carbocycles. The van der Waals surface area contributed by atoms with Gasteiger partial charge in [0.2, 0.25) is 0 Å². The summed E-state index contributed by atoms with van der Waals surface area (Å²) in [5, 5.41) is 6.42. The smallest absolute Gasteiger partial charge is 0.380 e. The average Bonchev–Trinajstić information content (AvgIpc) is 2.98. The number of rotatable bonds is 6. The second-order valence-corrected chi connectivity index (χ2v) is 6.11. The molecule has 1 aliphatic heterocycles. The normalized spacial score (nSPS) is 18.5. The molecule has 0 aliphatic carbocycles. The van der Waals surface area contributed by atoms with Gasteiger partial charge in [0.1, 0.15) is 0 Å². The lowest BCUT2D eigenvalue weighted by Crippen LogP contribution is -2.45. The molecule has 0 radical (unpaired) electrons. The maximum atomic E-state index is 12.5. The molecular formula is C17H26F3IN4O. The number of alkyl halides is 3. The Labute approximate surface area is 169 Å². The van der Waals surface area contributed by atoms with Crippen molar-refractivity contribution in [3.63, 3.8) is 0 Å². The number of likely N-dealkylation sites (tertiary alicyclic amines) is 1. The van der Waals surface area contributed by atoms with Gasteiger partial charge in [-0.15, -0.1) is 24.0 Å². The molecule has 2 N–H and O–H groups in total. The van der Waals surface area contributed by atoms with E-state index >= 15 is 0 Å². The minimum absolute atomic E-state index is 0. The molecule has 1 aromatic rings. The van der Waals surface area contributed by atoms with E-state index in [1.165, 1.54) is 4.90 Å². The van der Waals surface area contributed by atoms with Crippen molar-refractivity contribution in [2.75, 3.05) is 33.8 Å². The second-order valence-electron chi connectivity index (χ2n) is 6.11. The van der Waals surface area contributed by atoms with Crippen molar-refractivity contribution in [2.45, 2.75) is 31.8 Å². The molecular weight excluding hydrogens is 460 g/mol. The molecule has 5 nitrogen and oxygen atoms in total. The van der Waals surface area contributed by atoms with Gasteiger partial charge in [-0.05, 0) is 17.5 Å². The molecule has 26 heavy (non-hydrogen) atoms. The highest BCUT2D eigenvalue weighted by Gasteiger charge is 2.34. The number of guanidine groups is 1. The highest BCUT2D eigenvalue weighted by molar-refractivity contribution is 14.0. The second kappa shape index (κ2) is 10.9. The van der Waals surface area contributed by atoms with Crippen LogP contribution in [0.25, 0.3) is 0 Å². The zero-order valence-corrected chi connectivity index (χ0v) is 17.3. The van der Waals surface area contributed by atoms with E-state index in [4.69, 9.17) is 4.74 Å². The number of hydrogen-bond acceptors (Lipinski definition) is 3. The van der Waals surface area contributed by atoms with Crippen LogP contribution in [-0.2, 0) is 17.9 Å². The largest absolute Gasteiger partial charge is 0.401 e. The van der Waals surface area contributed by atoms with E-state index in [1.807, 2.05) is 24.3 Å². The summed E-state index contributed by atoms with van der Waals surface area (Å²) in [6.07, 6.45) is -3.49. The number of hydrogen-bond donors (Lipinski definition) is 2. The number of aliphatic imine (C=N–C) groups is 1. The van der Waals surface area contributed by atoms with Crippen LogP contribution in [0.4, 0.5) is 13.2 Å². The van der Waals surface area contributed by atoms with Crippen LogP contribution < -0.4 is 10.6 Å². The highest BCUT2D eigenvalue weighted by atomic mass is 127. The highest BCUT2D eigenvalue weighted by Crippen LogP contribution is 2.20. The molecule has 0 aromatic heterocycles. The van der Waals surface area contributed by atoms with Gasteiger partial charge in [0, 0.05) is 39.8 Å². The van der Waals surface area contributed by atoms with Crippen LogP contribution in [-0.4, -0.2) is 56.9 Å². The van der Waals surface area contributed by atoms with Crippen LogP contribution in [0.2, 0.25) is 0 Å². The van der Waals surface area contributed by atoms with Gasteiger partial charge in [-0.25, -0.2) is 0 Å². The number of benzene rings is 1. The van der Waals surface area contributed by atoms with Crippen molar-refractivity contribution in [2.24, 2.45) is 4.99 Å². The van der Waals surface area contributed by atoms with Crippen LogP contribution >= 0.6 is 24.0 Å². The van der Waals surface area contributed by atoms with Crippen molar-refractivity contribution in [3.05, 3.63) is 35.4 Å². The van der Waals surface area contributed by atoms with Crippen LogP contribution in [0.1, 0.15) is 17.5 Å². The summed E-state index contributed by atoms with van der Waals surface area (Å²) < 4.78 is 42.6. The Morgan fingerprint density at radius 3 is 2.62 bits per heavy atom. The Balaban J connectivity index is 0.00000338. The Morgan fingerprint density at radius 2 is 2.00 bits per heavy atom. The zero-order chi connectivity index (χ0) is 18.3. The van der Waals surface area contributed by atoms with Crippen molar-refractivity contribution in [1.29, 1.82) is 0 Å². The summed E-state index contributed by atoms with van der Waals surface area (Å²) in [5.74, 6) is 0.589. The van der Waals surface area contributed by atoms with E-state index in [9.17, 15) is 13.2 Å². The van der Waals surface area contributed by atoms with Crippen molar-refractivity contribution >= 4 is 29.9 Å². The third kappa shape index (κ3) is 7.67. The predicted octanol–water partition coefficient (Wildman–Crippen LogP) is 2.75. The minimum Gasteiger partial charge on any atom is -0.380 e. The lowest BCUT2D eigenvalue weighted by molar-refractivity contribution is -0.143. The van der Waals surface area contributed by atoms with Gasteiger partial charge in [0.05, 0.1) is 13.2 Å². The summed E-state index contributed by atoms with van der Waals surface area (Å²) in [7, 11) is 3.30. The fourth-order valence-electron chi connectivity index (χ4n) is 2.94. The van der Waals surface area contributed by atoms with Gasteiger partial charge >= 0.3 is 6.18 Å². The fraction of sp³-hybridized carbons (Fsp3) is 0.588. The third-order valence-corrected chi connectivity index (χ3v) is 4.10. The first-order valence-electron chi connectivity index (χ1n) is 8.23. The summed E-state index contributed by atoms with van der Waals surface area (Å²) in [5.41, 5.74) is 2.18. The number of nitrogens with zero attached hydrogens (tertiary/aromatic N) is 2. The van der Waals surface area contributed by atoms with Gasteiger partial charge in [-0.3, -0.25) is 9.89 Å². The van der Waals surface area contributed by atoms with Gasteiger partial charge < -0.3 is 15.4 Å². The molecule has 1 heterocycles. The van der Waals surface area contributed by atoms with E-state index in [1.54, 1.807) is 14.2 Å². The first kappa shape index (κ1) is 23.0. The quantitative estimate of drug-likeness (QED) is 0.369. The lowest BCUT2D eigenvalue weighted by atomic mass is 10.1. The Kier molecular flexibility index (Phi) is 9.66. The molecule has 0 spiro atoms. The molecule has 148 valence electrons. The standard InChI is InChI=1S/C17H25F3N4O.HI/c1-21-16(22-9-13-5-3-4-6-14(13)11-25-2)23-15-7-8-24(10-15)12-17(18,19)20;/h3-6,15H,7-12H2,1-2H3,(H2,21,22,23);1H. The SMILES string of the molecule is CN=C(NCc1ccccc1COC)NC1CCN(CC(F)(F)F)C1.I. The van der Waals surface area contributed by atoms with E-state index in [-0.39, 0.29) is 30.0 Å². The van der Waals surface area contributed by atoms with E-state index in [0.717, 1.165) is 11.1 Å². The van der Waals surface area contributed by atoms with E-state index < -0.39 is 12.7 Å². The number of halogens is 4. The summed E-state index contributed by atoms with van der Waals surface area (Å²) in [4.78, 5) is 5.58. The van der Waals surface area contributed by atoms with Crippen molar-refractivity contribution in [3.8, 4) is 0 Å². The Bertz CT molecular complexity index is 583. The van der Waals surface area contributed by atoms with E-state index in [2.05, 4.69) is 15.6 Å². The molecule has 1 atom stereocenters. The monoisotopic (exact) mass is 486 g/mol. The lowest BCUT2D eigenvalue weighted by Gasteiger charge is -2.20. The molecule has 1 saturated heterocycles. The molecule has 1 aromatic carbocycles. The van der Waals surface area contributed by atoms with Crippen LogP contribution in [0.15, 0.2) is 29.3 Å². The van der Waals surface area contributed by atoms with E-state index in [0.29, 0.717) is 38.6 Å². The Hall–Kier alpha value is -1.07. The van der Waals surface area contributed by atoms with Crippen LogP contribution in [0, 0.1) is 0 Å². The van der Waals surface area contributed by atoms with Crippen LogP contribution in [0.5, 0.6) is 0 Å². The minimum atomic E-state index is -4.15. The van der Waals surface area contributed by atoms with Gasteiger partial charge in [-0.1, -0.05) is 24.3 Å². The maximum Gasteiger partial charge on any atom is 0.401 e. The summed E-state index contributed by atoms with van der Waals surface area (Å²) in [6.45, 7) is 1.03. The summed E-state index contributed by atoms with van der Waals surface area (Å²) >= 11 is 0. The molecule has 2 rings (SSSR count). The van der Waals surface area contributed by atoms with Crippen molar-refractivity contribution < 1.29 is 17.9 Å². The fourth-order valence-corrected chi connectivity index (χ4v) is 2.94. The number of methoxy groups -OCH3 is 1. The number of ether oxygens (including phenoxy) is 1. The van der Waals surface area contributed by atoms with Crippen molar-refractivity contribution in [1.82, 2.24) is 15.5 Å². The Morgan fingerprint density at radius 1 is 1.31 bits per heavy atom. The molecule has 0 bridgehead atoms. The third-order valence-electron chi connectivity index (χ3n) is 4.10. The molecule has 0 amide bonds. The molecule has 1 unspecified atom stereocenters. The predicted molar refractivity (Wildman–Crippen MR) is 107 cm³/mol. The molecule has 9 heteroatoms. The van der Waals surface area contributed by atoms with Gasteiger partial charge in [0.25, 0.3) is 0 Å². The first-order chi connectivity index (χ1) is 11.9. The summed E-state index contributed by atoms with van der Waals surface area (Å²) in [6, 6.07) is 7.89. The maximum absolute atomic E-state index is 12.5. The average molecular weight is 486 g/mol. The van der Waals surface area contributed by atoms with Crippen LogP contribution in [0.3, 0.4) is 0 Å². The van der Waals surface area contributed by atoms with Gasteiger partial charge in [0.15, 0.2) is 5.96 Å². The number of nitrogens with one attached hydrogen (secondary N) is 2. The zero-order valence-electron chi connectivity index (χ0n) is 15.0. The first-order valence-corrected chi connectivity index (χ1v) is 8.23.